The summed E-state index contributed by atoms with van der Waals surface area (Å²) in [6.45, 7) is 6.06. The molecule has 1 saturated heterocycles. The van der Waals surface area contributed by atoms with Crippen molar-refractivity contribution >= 4 is 0 Å². The number of rotatable bonds is 0. The van der Waals surface area contributed by atoms with Crippen molar-refractivity contribution in [2.24, 2.45) is 0 Å². The predicted octanol–water partition coefficient (Wildman–Crippen LogP) is 2.17. The zero-order valence-corrected chi connectivity index (χ0v) is 9.32. The van der Waals surface area contributed by atoms with Gasteiger partial charge in [-0.1, -0.05) is 38.1 Å². The highest BCUT2D eigenvalue weighted by atomic mass is 16.6. The fraction of sp³-hybridized carbons (Fsp3) is 0.538. The fourth-order valence-corrected chi connectivity index (χ4v) is 2.72. The number of aliphatic hydroxyl groups is 1. The predicted molar refractivity (Wildman–Crippen MR) is 57.7 cm³/mol. The number of epoxide rings is 1. The van der Waals surface area contributed by atoms with Crippen molar-refractivity contribution in [1.29, 1.82) is 0 Å². The summed E-state index contributed by atoms with van der Waals surface area (Å²) in [5, 5.41) is 10.5. The Balaban J connectivity index is 2.25. The van der Waals surface area contributed by atoms with Crippen LogP contribution in [-0.4, -0.2) is 16.8 Å². The van der Waals surface area contributed by atoms with E-state index in [9.17, 15) is 5.11 Å². The van der Waals surface area contributed by atoms with Gasteiger partial charge in [0.25, 0.3) is 0 Å². The van der Waals surface area contributed by atoms with E-state index in [0.29, 0.717) is 0 Å². The number of hydrogen-bond donors (Lipinski definition) is 1. The van der Waals surface area contributed by atoms with Crippen LogP contribution in [0.3, 0.4) is 0 Å². The summed E-state index contributed by atoms with van der Waals surface area (Å²) in [6, 6.07) is 8.27. The van der Waals surface area contributed by atoms with Crippen molar-refractivity contribution in [3.05, 3.63) is 35.4 Å². The summed E-state index contributed by atoms with van der Waals surface area (Å²) in [5.41, 5.74) is 1.44. The van der Waals surface area contributed by atoms with Crippen LogP contribution in [0.15, 0.2) is 24.3 Å². The minimum atomic E-state index is -0.772. The maximum atomic E-state index is 10.5. The Bertz CT molecular complexity index is 420. The summed E-state index contributed by atoms with van der Waals surface area (Å²) in [6.07, 6.45) is 0.0895. The highest BCUT2D eigenvalue weighted by molar-refractivity contribution is 5.45. The van der Waals surface area contributed by atoms with Gasteiger partial charge in [0.15, 0.2) is 0 Å². The van der Waals surface area contributed by atoms with E-state index < -0.39 is 5.60 Å². The summed E-state index contributed by atoms with van der Waals surface area (Å²) in [5.74, 6) is 0. The second kappa shape index (κ2) is 2.45. The Morgan fingerprint density at radius 1 is 1.20 bits per heavy atom. The van der Waals surface area contributed by atoms with Gasteiger partial charge < -0.3 is 9.84 Å². The van der Waals surface area contributed by atoms with E-state index in [1.54, 1.807) is 0 Å². The van der Waals surface area contributed by atoms with Crippen LogP contribution in [-0.2, 0) is 10.2 Å². The first kappa shape index (κ1) is 9.37. The second-order valence-electron chi connectivity index (χ2n) is 5.34. The van der Waals surface area contributed by atoms with Crippen LogP contribution in [0.4, 0.5) is 0 Å². The van der Waals surface area contributed by atoms with Crippen LogP contribution in [0.5, 0.6) is 0 Å². The van der Waals surface area contributed by atoms with E-state index >= 15 is 0 Å². The average molecular weight is 204 g/mol. The molecule has 0 radical (unpaired) electrons. The lowest BCUT2D eigenvalue weighted by atomic mass is 9.63. The van der Waals surface area contributed by atoms with Gasteiger partial charge in [-0.05, 0) is 18.1 Å². The molecule has 1 aliphatic heterocycles. The molecule has 0 unspecified atom stereocenters. The van der Waals surface area contributed by atoms with Crippen LogP contribution in [0.2, 0.25) is 0 Å². The molecule has 3 rings (SSSR count). The topological polar surface area (TPSA) is 32.8 Å². The molecule has 0 saturated carbocycles. The molecule has 1 fully saturated rings. The summed E-state index contributed by atoms with van der Waals surface area (Å²) in [7, 11) is 0. The third-order valence-corrected chi connectivity index (χ3v) is 4.25. The van der Waals surface area contributed by atoms with Crippen LogP contribution in [0.25, 0.3) is 0 Å². The molecular formula is C13H16O2. The molecule has 1 heterocycles. The van der Waals surface area contributed by atoms with E-state index in [2.05, 4.69) is 26.0 Å². The Morgan fingerprint density at radius 2 is 1.87 bits per heavy atom. The standard InChI is InChI=1S/C13H16O2/c1-12(2)9-7-5-4-6-8(9)10-11(15-10)13(12,3)14/h4-7,10-11,14H,1-3H3/t10-,11+,13-/m1/s1. The van der Waals surface area contributed by atoms with Crippen molar-refractivity contribution < 1.29 is 9.84 Å². The Labute approximate surface area is 89.9 Å². The third kappa shape index (κ3) is 0.963. The lowest BCUT2D eigenvalue weighted by molar-refractivity contribution is -0.0339. The van der Waals surface area contributed by atoms with Gasteiger partial charge in [-0.3, -0.25) is 0 Å². The van der Waals surface area contributed by atoms with Crippen LogP contribution < -0.4 is 0 Å². The van der Waals surface area contributed by atoms with Gasteiger partial charge in [0.2, 0.25) is 0 Å². The molecule has 1 N–H and O–H groups in total. The summed E-state index contributed by atoms with van der Waals surface area (Å²) < 4.78 is 5.61. The largest absolute Gasteiger partial charge is 0.386 e. The van der Waals surface area contributed by atoms with Gasteiger partial charge in [-0.15, -0.1) is 0 Å². The van der Waals surface area contributed by atoms with Gasteiger partial charge >= 0.3 is 0 Å². The van der Waals surface area contributed by atoms with Crippen molar-refractivity contribution in [1.82, 2.24) is 0 Å². The molecular weight excluding hydrogens is 188 g/mol. The maximum absolute atomic E-state index is 10.5. The lowest BCUT2D eigenvalue weighted by Gasteiger charge is -2.43. The van der Waals surface area contributed by atoms with Gasteiger partial charge in [0.05, 0.1) is 5.60 Å². The van der Waals surface area contributed by atoms with Gasteiger partial charge in [-0.25, -0.2) is 0 Å². The molecule has 2 nitrogen and oxygen atoms in total. The van der Waals surface area contributed by atoms with E-state index in [1.807, 2.05) is 19.1 Å². The normalized spacial score (nSPS) is 40.5. The lowest BCUT2D eigenvalue weighted by Crippen LogP contribution is -2.52. The molecule has 3 atom stereocenters. The zero-order valence-electron chi connectivity index (χ0n) is 9.32. The Hall–Kier alpha value is -0.860. The molecule has 1 aromatic carbocycles. The minimum absolute atomic E-state index is 0.0256. The quantitative estimate of drug-likeness (QED) is 0.657. The van der Waals surface area contributed by atoms with E-state index in [1.165, 1.54) is 11.1 Å². The zero-order chi connectivity index (χ0) is 10.8. The molecule has 1 aliphatic carbocycles. The van der Waals surface area contributed by atoms with Crippen molar-refractivity contribution in [2.45, 2.75) is 44.0 Å². The van der Waals surface area contributed by atoms with E-state index in [-0.39, 0.29) is 17.6 Å². The van der Waals surface area contributed by atoms with Gasteiger partial charge in [-0.2, -0.15) is 0 Å². The van der Waals surface area contributed by atoms with Crippen molar-refractivity contribution in [3.63, 3.8) is 0 Å². The van der Waals surface area contributed by atoms with Gasteiger partial charge in [0, 0.05) is 5.41 Å². The molecule has 0 bridgehead atoms. The number of fused-ring (bicyclic) bond motifs is 3. The van der Waals surface area contributed by atoms with E-state index in [0.717, 1.165) is 0 Å². The van der Waals surface area contributed by atoms with E-state index in [4.69, 9.17) is 4.74 Å². The first-order valence-corrected chi connectivity index (χ1v) is 5.43. The number of ether oxygens (including phenoxy) is 1. The second-order valence-corrected chi connectivity index (χ2v) is 5.34. The van der Waals surface area contributed by atoms with Gasteiger partial charge in [0.1, 0.15) is 12.2 Å². The van der Waals surface area contributed by atoms with Crippen LogP contribution in [0.1, 0.15) is 38.0 Å². The molecule has 0 amide bonds. The smallest absolute Gasteiger partial charge is 0.118 e. The molecule has 0 aromatic heterocycles. The SMILES string of the molecule is CC1(C)c2ccccc2[C@H]2O[C@@H]2[C@@]1(C)O. The summed E-state index contributed by atoms with van der Waals surface area (Å²) >= 11 is 0. The number of benzene rings is 1. The molecule has 80 valence electrons. The first-order valence-electron chi connectivity index (χ1n) is 5.43. The highest BCUT2D eigenvalue weighted by Crippen LogP contribution is 2.58. The van der Waals surface area contributed by atoms with Crippen molar-refractivity contribution in [3.8, 4) is 0 Å². The monoisotopic (exact) mass is 204 g/mol. The molecule has 2 aliphatic rings. The maximum Gasteiger partial charge on any atom is 0.118 e. The highest BCUT2D eigenvalue weighted by Gasteiger charge is 2.63. The Morgan fingerprint density at radius 3 is 2.60 bits per heavy atom. The first-order chi connectivity index (χ1) is 6.96. The molecule has 15 heavy (non-hydrogen) atoms. The Kier molecular flexibility index (Phi) is 1.53. The minimum Gasteiger partial charge on any atom is -0.386 e. The van der Waals surface area contributed by atoms with Crippen molar-refractivity contribution in [2.75, 3.05) is 0 Å². The number of hydrogen-bond acceptors (Lipinski definition) is 2. The van der Waals surface area contributed by atoms with Crippen LogP contribution in [0, 0.1) is 0 Å². The van der Waals surface area contributed by atoms with Crippen LogP contribution >= 0.6 is 0 Å². The summed E-state index contributed by atoms with van der Waals surface area (Å²) in [4.78, 5) is 0. The molecule has 1 aromatic rings. The average Bonchev–Trinajstić information content (AvgIpc) is 2.96. The molecule has 0 spiro atoms. The molecule has 2 heteroatoms. The fourth-order valence-electron chi connectivity index (χ4n) is 2.72. The third-order valence-electron chi connectivity index (χ3n) is 4.25.